The fraction of sp³-hybridized carbons (Fsp3) is 0.400. The van der Waals surface area contributed by atoms with Crippen LogP contribution in [0.25, 0.3) is 11.0 Å². The fourth-order valence-corrected chi connectivity index (χ4v) is 1.93. The second-order valence-electron chi connectivity index (χ2n) is 4.60. The Labute approximate surface area is 112 Å². The van der Waals surface area contributed by atoms with Gasteiger partial charge >= 0.3 is 5.97 Å². The summed E-state index contributed by atoms with van der Waals surface area (Å²) in [6, 6.07) is 6.94. The number of nitrogens with two attached hydrogens (primary N) is 1. The predicted molar refractivity (Wildman–Crippen MR) is 75.1 cm³/mol. The molecule has 0 saturated carbocycles. The number of hydrogen-bond acceptors (Lipinski definition) is 4. The van der Waals surface area contributed by atoms with Gasteiger partial charge in [0.15, 0.2) is 0 Å². The van der Waals surface area contributed by atoms with Crippen LogP contribution in [-0.2, 0) is 4.74 Å². The molecule has 4 heteroatoms. The van der Waals surface area contributed by atoms with E-state index in [0.717, 1.165) is 18.2 Å². The van der Waals surface area contributed by atoms with Gasteiger partial charge in [0.2, 0.25) is 5.76 Å². The summed E-state index contributed by atoms with van der Waals surface area (Å²) < 4.78 is 10.6. The number of esters is 1. The molecule has 0 saturated heterocycles. The molecule has 1 aromatic carbocycles. The number of hydrogen-bond donors (Lipinski definition) is 1. The molecule has 0 aliphatic heterocycles. The molecule has 19 heavy (non-hydrogen) atoms. The summed E-state index contributed by atoms with van der Waals surface area (Å²) in [7, 11) is 0. The number of fused-ring (bicyclic) bond motifs is 1. The lowest BCUT2D eigenvalue weighted by Gasteiger charge is -2.01. The standard InChI is InChI=1S/C15H19NO3/c1-2-3-4-5-8-18-15(17)14-10-11-9-12(16)6-7-13(11)19-14/h6-7,9-10H,2-5,8,16H2,1H3. The number of anilines is 1. The summed E-state index contributed by atoms with van der Waals surface area (Å²) in [4.78, 5) is 11.8. The number of benzene rings is 1. The Bertz CT molecular complexity index is 560. The highest BCUT2D eigenvalue weighted by Crippen LogP contribution is 2.22. The third-order valence-electron chi connectivity index (χ3n) is 2.97. The van der Waals surface area contributed by atoms with E-state index in [9.17, 15) is 4.79 Å². The summed E-state index contributed by atoms with van der Waals surface area (Å²) in [5, 5.41) is 0.818. The largest absolute Gasteiger partial charge is 0.460 e. The Hall–Kier alpha value is -1.97. The normalized spacial score (nSPS) is 10.8. The fourth-order valence-electron chi connectivity index (χ4n) is 1.93. The number of rotatable bonds is 6. The molecular formula is C15H19NO3. The van der Waals surface area contributed by atoms with Gasteiger partial charge in [-0.2, -0.15) is 0 Å². The molecule has 1 aromatic heterocycles. The number of furan rings is 1. The van der Waals surface area contributed by atoms with Crippen molar-refractivity contribution in [2.75, 3.05) is 12.3 Å². The number of ether oxygens (including phenoxy) is 1. The SMILES string of the molecule is CCCCCCOC(=O)c1cc2cc(N)ccc2o1. The van der Waals surface area contributed by atoms with Crippen molar-refractivity contribution < 1.29 is 13.9 Å². The van der Waals surface area contributed by atoms with Crippen LogP contribution in [0.2, 0.25) is 0 Å². The van der Waals surface area contributed by atoms with Gasteiger partial charge in [-0.05, 0) is 30.7 Å². The topological polar surface area (TPSA) is 65.5 Å². The van der Waals surface area contributed by atoms with E-state index in [1.54, 1.807) is 24.3 Å². The first kappa shape index (κ1) is 13.5. The Morgan fingerprint density at radius 1 is 1.26 bits per heavy atom. The number of carbonyl (C=O) groups excluding carboxylic acids is 1. The Morgan fingerprint density at radius 3 is 2.89 bits per heavy atom. The molecule has 102 valence electrons. The molecule has 0 bridgehead atoms. The van der Waals surface area contributed by atoms with E-state index < -0.39 is 5.97 Å². The lowest BCUT2D eigenvalue weighted by molar-refractivity contribution is 0.0464. The third kappa shape index (κ3) is 3.50. The second-order valence-corrected chi connectivity index (χ2v) is 4.60. The minimum absolute atomic E-state index is 0.232. The van der Waals surface area contributed by atoms with E-state index in [0.29, 0.717) is 17.9 Å². The maximum Gasteiger partial charge on any atom is 0.374 e. The molecule has 4 nitrogen and oxygen atoms in total. The summed E-state index contributed by atoms with van der Waals surface area (Å²) in [5.74, 6) is -0.178. The van der Waals surface area contributed by atoms with Gasteiger partial charge in [0, 0.05) is 11.1 Å². The minimum Gasteiger partial charge on any atom is -0.460 e. The van der Waals surface area contributed by atoms with Crippen LogP contribution in [0.4, 0.5) is 5.69 Å². The molecule has 0 aliphatic rings. The summed E-state index contributed by atoms with van der Waals surface area (Å²) in [6.07, 6.45) is 4.31. The molecule has 0 fully saturated rings. The zero-order valence-corrected chi connectivity index (χ0v) is 11.1. The summed E-state index contributed by atoms with van der Waals surface area (Å²) >= 11 is 0. The molecule has 0 unspecified atom stereocenters. The van der Waals surface area contributed by atoms with E-state index in [1.807, 2.05) is 0 Å². The van der Waals surface area contributed by atoms with Gasteiger partial charge in [0.1, 0.15) is 5.58 Å². The molecule has 0 spiro atoms. The van der Waals surface area contributed by atoms with E-state index in [1.165, 1.54) is 12.8 Å². The van der Waals surface area contributed by atoms with Crippen molar-refractivity contribution in [3.63, 3.8) is 0 Å². The van der Waals surface area contributed by atoms with Crippen LogP contribution in [0, 0.1) is 0 Å². The first-order chi connectivity index (χ1) is 9.20. The van der Waals surface area contributed by atoms with Crippen LogP contribution in [0.1, 0.15) is 43.2 Å². The van der Waals surface area contributed by atoms with Crippen molar-refractivity contribution in [3.05, 3.63) is 30.0 Å². The smallest absolute Gasteiger partial charge is 0.374 e. The van der Waals surface area contributed by atoms with Crippen LogP contribution in [0.5, 0.6) is 0 Å². The molecular weight excluding hydrogens is 242 g/mol. The van der Waals surface area contributed by atoms with Gasteiger partial charge in [0.25, 0.3) is 0 Å². The van der Waals surface area contributed by atoms with Crippen molar-refractivity contribution in [3.8, 4) is 0 Å². The van der Waals surface area contributed by atoms with Crippen LogP contribution in [0.3, 0.4) is 0 Å². The quantitative estimate of drug-likeness (QED) is 0.488. The van der Waals surface area contributed by atoms with Crippen LogP contribution >= 0.6 is 0 Å². The van der Waals surface area contributed by atoms with Gasteiger partial charge < -0.3 is 14.9 Å². The van der Waals surface area contributed by atoms with Crippen molar-refractivity contribution in [1.29, 1.82) is 0 Å². The molecule has 2 rings (SSSR count). The number of nitrogen functional groups attached to an aromatic ring is 1. The van der Waals surface area contributed by atoms with Gasteiger partial charge in [-0.25, -0.2) is 4.79 Å². The highest BCUT2D eigenvalue weighted by molar-refractivity contribution is 5.93. The molecule has 0 aliphatic carbocycles. The van der Waals surface area contributed by atoms with Crippen molar-refractivity contribution in [2.24, 2.45) is 0 Å². The summed E-state index contributed by atoms with van der Waals surface area (Å²) in [5.41, 5.74) is 6.97. The molecule has 0 atom stereocenters. The second kappa shape index (κ2) is 6.27. The van der Waals surface area contributed by atoms with E-state index in [4.69, 9.17) is 14.9 Å². The molecule has 1 heterocycles. The van der Waals surface area contributed by atoms with Crippen molar-refractivity contribution >= 4 is 22.6 Å². The van der Waals surface area contributed by atoms with Gasteiger partial charge in [-0.1, -0.05) is 26.2 Å². The van der Waals surface area contributed by atoms with Gasteiger partial charge in [-0.15, -0.1) is 0 Å². The zero-order chi connectivity index (χ0) is 13.7. The zero-order valence-electron chi connectivity index (χ0n) is 11.1. The Morgan fingerprint density at radius 2 is 2.11 bits per heavy atom. The highest BCUT2D eigenvalue weighted by atomic mass is 16.5. The third-order valence-corrected chi connectivity index (χ3v) is 2.97. The first-order valence-electron chi connectivity index (χ1n) is 6.67. The number of unbranched alkanes of at least 4 members (excludes halogenated alkanes) is 3. The van der Waals surface area contributed by atoms with E-state index in [-0.39, 0.29) is 5.76 Å². The predicted octanol–water partition coefficient (Wildman–Crippen LogP) is 3.75. The van der Waals surface area contributed by atoms with Gasteiger partial charge in [-0.3, -0.25) is 0 Å². The van der Waals surface area contributed by atoms with E-state index >= 15 is 0 Å². The van der Waals surface area contributed by atoms with Crippen LogP contribution in [-0.4, -0.2) is 12.6 Å². The lowest BCUT2D eigenvalue weighted by atomic mass is 10.2. The van der Waals surface area contributed by atoms with Crippen LogP contribution in [0.15, 0.2) is 28.7 Å². The average Bonchev–Trinajstić information content (AvgIpc) is 2.81. The minimum atomic E-state index is -0.411. The maximum atomic E-state index is 11.8. The molecule has 0 radical (unpaired) electrons. The van der Waals surface area contributed by atoms with Crippen molar-refractivity contribution in [1.82, 2.24) is 0 Å². The van der Waals surface area contributed by atoms with Crippen molar-refractivity contribution in [2.45, 2.75) is 32.6 Å². The lowest BCUT2D eigenvalue weighted by Crippen LogP contribution is -2.05. The monoisotopic (exact) mass is 261 g/mol. The summed E-state index contributed by atoms with van der Waals surface area (Å²) in [6.45, 7) is 2.59. The molecule has 2 aromatic rings. The molecule has 0 amide bonds. The number of carbonyl (C=O) groups is 1. The van der Waals surface area contributed by atoms with Crippen LogP contribution < -0.4 is 5.73 Å². The van der Waals surface area contributed by atoms with E-state index in [2.05, 4.69) is 6.92 Å². The Balaban J connectivity index is 1.94. The molecule has 2 N–H and O–H groups in total. The van der Waals surface area contributed by atoms with Gasteiger partial charge in [0.05, 0.1) is 6.61 Å². The average molecular weight is 261 g/mol. The first-order valence-corrected chi connectivity index (χ1v) is 6.67. The Kier molecular flexibility index (Phi) is 4.44. The maximum absolute atomic E-state index is 11.8. The highest BCUT2D eigenvalue weighted by Gasteiger charge is 2.13.